The van der Waals surface area contributed by atoms with Gasteiger partial charge in [-0.3, -0.25) is 9.58 Å². The topological polar surface area (TPSA) is 58.4 Å². The third-order valence-corrected chi connectivity index (χ3v) is 4.49. The van der Waals surface area contributed by atoms with Crippen molar-refractivity contribution in [2.24, 2.45) is 0 Å². The lowest BCUT2D eigenvalue weighted by molar-refractivity contribution is -0.131. The van der Waals surface area contributed by atoms with Crippen LogP contribution in [0.3, 0.4) is 0 Å². The molecule has 2 aromatic rings. The molecule has 1 aliphatic rings. The number of aryl methyl sites for hydroxylation is 1. The van der Waals surface area contributed by atoms with Crippen LogP contribution in [0.5, 0.6) is 0 Å². The molecule has 1 aromatic carbocycles. The van der Waals surface area contributed by atoms with E-state index in [4.69, 9.17) is 5.11 Å². The molecule has 0 spiro atoms. The fraction of sp³-hybridized carbons (Fsp3) is 0.368. The van der Waals surface area contributed by atoms with Gasteiger partial charge in [0.2, 0.25) is 0 Å². The van der Waals surface area contributed by atoms with Crippen LogP contribution in [0.2, 0.25) is 0 Å². The molecular weight excluding hydrogens is 302 g/mol. The lowest BCUT2D eigenvalue weighted by Crippen LogP contribution is -2.25. The van der Waals surface area contributed by atoms with E-state index in [1.807, 2.05) is 35.3 Å². The van der Waals surface area contributed by atoms with Gasteiger partial charge in [0.1, 0.15) is 0 Å². The van der Waals surface area contributed by atoms with Crippen molar-refractivity contribution in [3.05, 3.63) is 59.9 Å². The normalized spacial score (nSPS) is 18.4. The number of carboxylic acid groups (broad SMARTS) is 1. The lowest BCUT2D eigenvalue weighted by atomic mass is 10.0. The zero-order valence-electron chi connectivity index (χ0n) is 13.7. The first-order valence-corrected chi connectivity index (χ1v) is 8.45. The van der Waals surface area contributed by atoms with E-state index in [2.05, 4.69) is 22.1 Å². The molecule has 1 aliphatic heterocycles. The van der Waals surface area contributed by atoms with Crippen LogP contribution in [-0.2, 0) is 11.3 Å². The Morgan fingerprint density at radius 3 is 2.83 bits per heavy atom. The Morgan fingerprint density at radius 1 is 1.29 bits per heavy atom. The van der Waals surface area contributed by atoms with Crippen molar-refractivity contribution < 1.29 is 9.90 Å². The highest BCUT2D eigenvalue weighted by molar-refractivity contribution is 5.85. The number of aliphatic carboxylic acids is 1. The summed E-state index contributed by atoms with van der Waals surface area (Å²) in [6, 6.07) is 10.7. The van der Waals surface area contributed by atoms with Crippen LogP contribution in [0.25, 0.3) is 6.08 Å². The van der Waals surface area contributed by atoms with Crippen LogP contribution in [0.1, 0.15) is 36.4 Å². The molecule has 0 amide bonds. The van der Waals surface area contributed by atoms with E-state index >= 15 is 0 Å². The molecule has 0 saturated carbocycles. The third-order valence-electron chi connectivity index (χ3n) is 4.49. The summed E-state index contributed by atoms with van der Waals surface area (Å²) < 4.78 is 1.98. The molecule has 0 aliphatic carbocycles. The average Bonchev–Trinajstić information content (AvgIpc) is 3.25. The van der Waals surface area contributed by atoms with Gasteiger partial charge in [-0.25, -0.2) is 4.79 Å². The molecule has 2 heterocycles. The fourth-order valence-electron chi connectivity index (χ4n) is 3.34. The average molecular weight is 325 g/mol. The van der Waals surface area contributed by atoms with Crippen molar-refractivity contribution in [2.75, 3.05) is 13.1 Å². The van der Waals surface area contributed by atoms with E-state index < -0.39 is 5.97 Å². The SMILES string of the molecule is O=C(O)/C=C/c1ccc([C@@H]2CCCN2CCCn2cccn2)cc1. The third kappa shape index (κ3) is 4.32. The van der Waals surface area contributed by atoms with Crippen molar-refractivity contribution in [1.82, 2.24) is 14.7 Å². The zero-order valence-corrected chi connectivity index (χ0v) is 13.7. The van der Waals surface area contributed by atoms with Crippen molar-refractivity contribution in [3.63, 3.8) is 0 Å². The molecule has 3 rings (SSSR count). The molecule has 1 saturated heterocycles. The molecule has 5 nitrogen and oxygen atoms in total. The predicted molar refractivity (Wildman–Crippen MR) is 93.5 cm³/mol. The van der Waals surface area contributed by atoms with Crippen molar-refractivity contribution in [3.8, 4) is 0 Å². The van der Waals surface area contributed by atoms with E-state index in [9.17, 15) is 4.79 Å². The summed E-state index contributed by atoms with van der Waals surface area (Å²) in [5.74, 6) is -0.918. The minimum atomic E-state index is -0.918. The van der Waals surface area contributed by atoms with Gasteiger partial charge < -0.3 is 5.11 Å². The second-order valence-corrected chi connectivity index (χ2v) is 6.15. The van der Waals surface area contributed by atoms with Gasteiger partial charge in [-0.1, -0.05) is 24.3 Å². The monoisotopic (exact) mass is 325 g/mol. The molecule has 24 heavy (non-hydrogen) atoms. The van der Waals surface area contributed by atoms with E-state index in [1.165, 1.54) is 24.5 Å². The molecule has 0 unspecified atom stereocenters. The Kier molecular flexibility index (Phi) is 5.43. The van der Waals surface area contributed by atoms with Gasteiger partial charge in [0.15, 0.2) is 0 Å². The maximum atomic E-state index is 10.6. The Bertz CT molecular complexity index is 677. The molecular formula is C19H23N3O2. The number of carboxylic acids is 1. The number of likely N-dealkylation sites (tertiary alicyclic amines) is 1. The van der Waals surface area contributed by atoms with Gasteiger partial charge in [-0.15, -0.1) is 0 Å². The van der Waals surface area contributed by atoms with Gasteiger partial charge in [-0.05, 0) is 49.1 Å². The molecule has 0 radical (unpaired) electrons. The number of benzene rings is 1. The Morgan fingerprint density at radius 2 is 2.12 bits per heavy atom. The highest BCUT2D eigenvalue weighted by Crippen LogP contribution is 2.32. The minimum absolute atomic E-state index is 0.472. The summed E-state index contributed by atoms with van der Waals surface area (Å²) in [5, 5.41) is 12.9. The van der Waals surface area contributed by atoms with Crippen LogP contribution in [0.15, 0.2) is 48.8 Å². The first-order valence-electron chi connectivity index (χ1n) is 8.45. The standard InChI is InChI=1S/C19H23N3O2/c23-19(24)10-7-16-5-8-17(9-6-16)18-4-1-12-21(18)13-3-15-22-14-2-11-20-22/h2,5-11,14,18H,1,3-4,12-13,15H2,(H,23,24)/b10-7+/t18-/m0/s1. The molecule has 0 bridgehead atoms. The van der Waals surface area contributed by atoms with Crippen molar-refractivity contribution in [1.29, 1.82) is 0 Å². The summed E-state index contributed by atoms with van der Waals surface area (Å²) in [4.78, 5) is 13.1. The van der Waals surface area contributed by atoms with E-state index in [0.717, 1.165) is 31.6 Å². The zero-order chi connectivity index (χ0) is 16.8. The van der Waals surface area contributed by atoms with E-state index in [-0.39, 0.29) is 0 Å². The molecule has 1 fully saturated rings. The Hall–Kier alpha value is -2.40. The fourth-order valence-corrected chi connectivity index (χ4v) is 3.34. The number of hydrogen-bond acceptors (Lipinski definition) is 3. The summed E-state index contributed by atoms with van der Waals surface area (Å²) in [6.45, 7) is 3.17. The number of hydrogen-bond donors (Lipinski definition) is 1. The summed E-state index contributed by atoms with van der Waals surface area (Å²) in [5.41, 5.74) is 2.24. The molecule has 126 valence electrons. The van der Waals surface area contributed by atoms with Gasteiger partial charge in [0.25, 0.3) is 0 Å². The summed E-state index contributed by atoms with van der Waals surface area (Å²) >= 11 is 0. The minimum Gasteiger partial charge on any atom is -0.478 e. The second-order valence-electron chi connectivity index (χ2n) is 6.15. The predicted octanol–water partition coefficient (Wildman–Crippen LogP) is 3.21. The maximum absolute atomic E-state index is 10.6. The molecule has 1 aromatic heterocycles. The number of rotatable bonds is 7. The van der Waals surface area contributed by atoms with Gasteiger partial charge in [0, 0.05) is 37.6 Å². The maximum Gasteiger partial charge on any atom is 0.328 e. The van der Waals surface area contributed by atoms with Gasteiger partial charge in [0.05, 0.1) is 0 Å². The Balaban J connectivity index is 1.57. The second kappa shape index (κ2) is 7.93. The van der Waals surface area contributed by atoms with Crippen LogP contribution < -0.4 is 0 Å². The molecule has 1 atom stereocenters. The van der Waals surface area contributed by atoms with E-state index in [0.29, 0.717) is 6.04 Å². The van der Waals surface area contributed by atoms with Crippen molar-refractivity contribution in [2.45, 2.75) is 31.8 Å². The Labute approximate surface area is 142 Å². The van der Waals surface area contributed by atoms with Crippen LogP contribution in [0, 0.1) is 0 Å². The summed E-state index contributed by atoms with van der Waals surface area (Å²) in [7, 11) is 0. The van der Waals surface area contributed by atoms with Gasteiger partial charge in [-0.2, -0.15) is 5.10 Å². The highest BCUT2D eigenvalue weighted by Gasteiger charge is 2.25. The number of nitrogens with zero attached hydrogens (tertiary/aromatic N) is 3. The van der Waals surface area contributed by atoms with E-state index in [1.54, 1.807) is 6.08 Å². The molecule has 1 N–H and O–H groups in total. The highest BCUT2D eigenvalue weighted by atomic mass is 16.4. The number of carbonyl (C=O) groups is 1. The van der Waals surface area contributed by atoms with Gasteiger partial charge >= 0.3 is 5.97 Å². The first kappa shape index (κ1) is 16.5. The van der Waals surface area contributed by atoms with Crippen molar-refractivity contribution >= 4 is 12.0 Å². The van der Waals surface area contributed by atoms with Crippen LogP contribution >= 0.6 is 0 Å². The first-order chi connectivity index (χ1) is 11.7. The molecule has 5 heteroatoms. The lowest BCUT2D eigenvalue weighted by Gasteiger charge is -2.25. The smallest absolute Gasteiger partial charge is 0.328 e. The quantitative estimate of drug-likeness (QED) is 0.794. The largest absolute Gasteiger partial charge is 0.478 e. The van der Waals surface area contributed by atoms with Crippen LogP contribution in [0.4, 0.5) is 0 Å². The number of aromatic nitrogens is 2. The van der Waals surface area contributed by atoms with Crippen LogP contribution in [-0.4, -0.2) is 38.8 Å². The summed E-state index contributed by atoms with van der Waals surface area (Å²) in [6.07, 6.45) is 10.1.